The molecule has 2 atom stereocenters. The molecule has 7 nitrogen and oxygen atoms in total. The van der Waals surface area contributed by atoms with Gasteiger partial charge in [0.25, 0.3) is 0 Å². The fraction of sp³-hybridized carbons (Fsp3) is 0.207. The lowest BCUT2D eigenvalue weighted by Gasteiger charge is -2.49. The van der Waals surface area contributed by atoms with Crippen LogP contribution in [-0.4, -0.2) is 52.0 Å². The van der Waals surface area contributed by atoms with Gasteiger partial charge in [-0.1, -0.05) is 78.9 Å². The van der Waals surface area contributed by atoms with E-state index in [1.54, 1.807) is 24.3 Å². The fourth-order valence-electron chi connectivity index (χ4n) is 4.46. The maximum atomic E-state index is 13.5. The molecule has 188 valence electrons. The van der Waals surface area contributed by atoms with Crippen LogP contribution in [0.4, 0.5) is 0 Å². The molecule has 2 aliphatic heterocycles. The van der Waals surface area contributed by atoms with Crippen molar-refractivity contribution < 1.29 is 29.0 Å². The van der Waals surface area contributed by atoms with Crippen LogP contribution in [0.2, 0.25) is 0 Å². The van der Waals surface area contributed by atoms with Crippen LogP contribution in [0.25, 0.3) is 0 Å². The lowest BCUT2D eigenvalue weighted by Crippen LogP contribution is -2.64. The van der Waals surface area contributed by atoms with Gasteiger partial charge in [-0.2, -0.15) is 0 Å². The van der Waals surface area contributed by atoms with Crippen molar-refractivity contribution in [2.24, 2.45) is 5.92 Å². The van der Waals surface area contributed by atoms with Crippen LogP contribution in [0, 0.1) is 5.92 Å². The van der Waals surface area contributed by atoms with E-state index in [0.717, 1.165) is 11.1 Å². The number of fused-ring (bicyclic) bond motifs is 1. The zero-order chi connectivity index (χ0) is 25.8. The van der Waals surface area contributed by atoms with Gasteiger partial charge in [-0.3, -0.25) is 14.5 Å². The molecule has 37 heavy (non-hydrogen) atoms. The predicted molar refractivity (Wildman–Crippen MR) is 138 cm³/mol. The van der Waals surface area contributed by atoms with Gasteiger partial charge in [0.15, 0.2) is 11.9 Å². The zero-order valence-electron chi connectivity index (χ0n) is 19.9. The molecule has 1 fully saturated rings. The Labute approximate surface area is 218 Å². The number of aliphatic hydroxyl groups excluding tert-OH is 1. The molecule has 8 heteroatoms. The molecule has 2 heterocycles. The summed E-state index contributed by atoms with van der Waals surface area (Å²) in [6.07, 6.45) is -0.705. The minimum absolute atomic E-state index is 0.0149. The molecule has 0 bridgehead atoms. The van der Waals surface area contributed by atoms with Gasteiger partial charge in [-0.25, -0.2) is 4.79 Å². The van der Waals surface area contributed by atoms with Crippen molar-refractivity contribution in [3.05, 3.63) is 113 Å². The summed E-state index contributed by atoms with van der Waals surface area (Å²) >= 11 is 1.34. The number of ether oxygens (including phenoxy) is 2. The van der Waals surface area contributed by atoms with Crippen LogP contribution >= 0.6 is 11.8 Å². The second-order valence-electron chi connectivity index (χ2n) is 8.67. The van der Waals surface area contributed by atoms with Crippen molar-refractivity contribution in [1.82, 2.24) is 4.90 Å². The van der Waals surface area contributed by atoms with Crippen molar-refractivity contribution in [3.63, 3.8) is 0 Å². The minimum Gasteiger partial charge on any atom is -0.486 e. The molecular weight excluding hydrogens is 490 g/mol. The highest BCUT2D eigenvalue weighted by Gasteiger charge is 2.56. The van der Waals surface area contributed by atoms with Crippen molar-refractivity contribution in [3.8, 4) is 5.75 Å². The van der Waals surface area contributed by atoms with Gasteiger partial charge in [-0.15, -0.1) is 11.8 Å². The zero-order valence-corrected chi connectivity index (χ0v) is 20.7. The first kappa shape index (κ1) is 24.8. The first-order valence-corrected chi connectivity index (χ1v) is 12.9. The van der Waals surface area contributed by atoms with Gasteiger partial charge in [0, 0.05) is 5.75 Å². The number of hydrogen-bond donors (Lipinski definition) is 1. The van der Waals surface area contributed by atoms with E-state index in [-0.39, 0.29) is 18.1 Å². The summed E-state index contributed by atoms with van der Waals surface area (Å²) in [5.74, 6) is -1.64. The highest BCUT2D eigenvalue weighted by molar-refractivity contribution is 8.00. The Hall–Kier alpha value is -3.88. The number of esters is 1. The Morgan fingerprint density at radius 2 is 1.49 bits per heavy atom. The number of nitrogens with zero attached hydrogens (tertiary/aromatic N) is 1. The summed E-state index contributed by atoms with van der Waals surface area (Å²) in [6.45, 7) is -0.642. The first-order chi connectivity index (χ1) is 18.1. The van der Waals surface area contributed by atoms with Gasteiger partial charge >= 0.3 is 5.97 Å². The van der Waals surface area contributed by atoms with Crippen molar-refractivity contribution in [2.45, 2.75) is 11.5 Å². The number of β-lactam (4-membered cyclic amide) rings is 1. The quantitative estimate of drug-likeness (QED) is 0.264. The minimum atomic E-state index is -0.921. The summed E-state index contributed by atoms with van der Waals surface area (Å²) in [7, 11) is 0. The summed E-state index contributed by atoms with van der Waals surface area (Å²) in [5, 5.41) is 9.42. The Bertz CT molecular complexity index is 1270. The number of carbonyl (C=O) groups excluding carboxylic acids is 3. The average Bonchev–Trinajstić information content (AvgIpc) is 2.95. The number of benzene rings is 3. The molecule has 1 amide bonds. The Morgan fingerprint density at radius 3 is 2.05 bits per heavy atom. The van der Waals surface area contributed by atoms with Crippen molar-refractivity contribution in [1.29, 1.82) is 0 Å². The van der Waals surface area contributed by atoms with Gasteiger partial charge in [-0.05, 0) is 28.8 Å². The molecule has 5 rings (SSSR count). The Balaban J connectivity index is 1.35. The van der Waals surface area contributed by atoms with Crippen molar-refractivity contribution >= 4 is 29.4 Å². The molecule has 0 saturated carbocycles. The third kappa shape index (κ3) is 5.03. The largest absolute Gasteiger partial charge is 0.486 e. The second kappa shape index (κ2) is 11.0. The molecule has 3 aromatic rings. The topological polar surface area (TPSA) is 93.1 Å². The molecule has 0 spiro atoms. The van der Waals surface area contributed by atoms with E-state index in [1.807, 2.05) is 66.7 Å². The predicted octanol–water partition coefficient (Wildman–Crippen LogP) is 3.75. The van der Waals surface area contributed by atoms with Crippen LogP contribution in [0.15, 0.2) is 102 Å². The van der Waals surface area contributed by atoms with Crippen molar-refractivity contribution in [2.75, 3.05) is 19.0 Å². The number of aliphatic hydroxyl groups is 1. The normalized spacial score (nSPS) is 18.8. The molecule has 0 radical (unpaired) electrons. The SMILES string of the molecule is O=C(OC(c1ccccc1)c1ccccc1)C1=C(CO)CS[C@@H]2C(C(=O)COc3ccccc3)C(=O)N12. The van der Waals surface area contributed by atoms with Crippen LogP contribution in [-0.2, 0) is 19.1 Å². The third-order valence-electron chi connectivity index (χ3n) is 6.33. The maximum absolute atomic E-state index is 13.5. The maximum Gasteiger partial charge on any atom is 0.356 e. The standard InChI is InChI=1S/C29H25NO6S/c31-16-21-18-37-28-24(23(32)17-35-22-14-8-3-9-15-22)27(33)30(28)25(21)29(34)36-26(19-10-4-1-5-11-19)20-12-6-2-7-13-20/h1-15,24,26,28,31H,16-18H2/t24?,28-/m1/s1. The fourth-order valence-corrected chi connectivity index (χ4v) is 5.88. The van der Waals surface area contributed by atoms with Crippen LogP contribution in [0.3, 0.4) is 0 Å². The summed E-state index contributed by atoms with van der Waals surface area (Å²) in [5.41, 5.74) is 1.96. The molecule has 0 aliphatic carbocycles. The molecule has 1 unspecified atom stereocenters. The highest BCUT2D eigenvalue weighted by atomic mass is 32.2. The molecular formula is C29H25NO6S. The Morgan fingerprint density at radius 1 is 0.919 bits per heavy atom. The second-order valence-corrected chi connectivity index (χ2v) is 9.78. The van der Waals surface area contributed by atoms with Crippen LogP contribution in [0.1, 0.15) is 17.2 Å². The van der Waals surface area contributed by atoms with Crippen LogP contribution < -0.4 is 4.74 Å². The smallest absolute Gasteiger partial charge is 0.356 e. The summed E-state index contributed by atoms with van der Waals surface area (Å²) < 4.78 is 11.5. The van der Waals surface area contributed by atoms with Gasteiger partial charge in [0.2, 0.25) is 5.91 Å². The Kier molecular flexibility index (Phi) is 7.39. The number of rotatable bonds is 9. The van der Waals surface area contributed by atoms with E-state index in [2.05, 4.69) is 0 Å². The summed E-state index contributed by atoms with van der Waals surface area (Å²) in [4.78, 5) is 40.9. The number of carbonyl (C=O) groups is 3. The molecule has 0 aromatic heterocycles. The van der Waals surface area contributed by atoms with E-state index in [0.29, 0.717) is 17.1 Å². The van der Waals surface area contributed by atoms with Gasteiger partial charge < -0.3 is 14.6 Å². The van der Waals surface area contributed by atoms with Gasteiger partial charge in [0.1, 0.15) is 29.3 Å². The molecule has 2 aliphatic rings. The lowest BCUT2D eigenvalue weighted by atomic mass is 9.91. The van der Waals surface area contributed by atoms with E-state index < -0.39 is 35.9 Å². The number of amides is 1. The summed E-state index contributed by atoms with van der Waals surface area (Å²) in [6, 6.07) is 27.5. The van der Waals surface area contributed by atoms with E-state index in [4.69, 9.17) is 9.47 Å². The molecule has 1 N–H and O–H groups in total. The number of ketones is 1. The van der Waals surface area contributed by atoms with E-state index in [9.17, 15) is 19.5 Å². The number of para-hydroxylation sites is 1. The number of thioether (sulfide) groups is 1. The number of hydrogen-bond acceptors (Lipinski definition) is 7. The molecule has 3 aromatic carbocycles. The monoisotopic (exact) mass is 515 g/mol. The first-order valence-electron chi connectivity index (χ1n) is 11.9. The van der Waals surface area contributed by atoms with E-state index in [1.165, 1.54) is 16.7 Å². The van der Waals surface area contributed by atoms with Gasteiger partial charge in [0.05, 0.1) is 6.61 Å². The highest BCUT2D eigenvalue weighted by Crippen LogP contribution is 2.45. The lowest BCUT2D eigenvalue weighted by molar-refractivity contribution is -0.160. The number of Topliss-reactive ketones (excluding diaryl/α,β-unsaturated/α-hetero) is 1. The average molecular weight is 516 g/mol. The van der Waals surface area contributed by atoms with Crippen LogP contribution in [0.5, 0.6) is 5.75 Å². The van der Waals surface area contributed by atoms with E-state index >= 15 is 0 Å². The third-order valence-corrected chi connectivity index (χ3v) is 7.67. The molecule has 1 saturated heterocycles.